The minimum atomic E-state index is -1.14. The van der Waals surface area contributed by atoms with Gasteiger partial charge in [0.05, 0.1) is 18.4 Å². The lowest BCUT2D eigenvalue weighted by Crippen LogP contribution is -2.30. The Kier molecular flexibility index (Phi) is 6.57. The maximum absolute atomic E-state index is 13.2. The molecular formula is C32H25NO7. The maximum atomic E-state index is 13.2. The molecule has 6 aromatic rings. The number of rotatable bonds is 8. The first kappa shape index (κ1) is 25.1. The molecule has 1 amide bonds. The fraction of sp³-hybridized carbons (Fsp3) is 0.125. The average molecular weight is 536 g/mol. The highest BCUT2D eigenvalue weighted by Gasteiger charge is 2.27. The lowest BCUT2D eigenvalue weighted by atomic mass is 10.1. The SMILES string of the molecule is COc1cc2c(cc1NC(=O)[C@@H](C)OC(=O)c1oc3ccccc3c1COc1ccccc1)oc1ccccc12. The molecule has 2 aromatic heterocycles. The third kappa shape index (κ3) is 4.71. The van der Waals surface area contributed by atoms with Crippen molar-refractivity contribution >= 4 is 50.5 Å². The minimum absolute atomic E-state index is 0.0157. The summed E-state index contributed by atoms with van der Waals surface area (Å²) in [6.45, 7) is 1.57. The summed E-state index contributed by atoms with van der Waals surface area (Å²) in [5.74, 6) is -0.234. The highest BCUT2D eigenvalue weighted by Crippen LogP contribution is 2.36. The number of anilines is 1. The van der Waals surface area contributed by atoms with Gasteiger partial charge in [0.1, 0.15) is 34.9 Å². The lowest BCUT2D eigenvalue weighted by molar-refractivity contribution is -0.123. The summed E-state index contributed by atoms with van der Waals surface area (Å²) in [5.41, 5.74) is 2.76. The molecule has 0 fully saturated rings. The number of ether oxygens (including phenoxy) is 3. The number of nitrogens with one attached hydrogen (secondary N) is 1. The van der Waals surface area contributed by atoms with Crippen molar-refractivity contribution in [3.05, 3.63) is 102 Å². The summed E-state index contributed by atoms with van der Waals surface area (Å²) in [6, 6.07) is 27.7. The van der Waals surface area contributed by atoms with Gasteiger partial charge in [0.15, 0.2) is 6.10 Å². The Labute approximate surface area is 229 Å². The first-order valence-electron chi connectivity index (χ1n) is 12.7. The molecule has 8 heteroatoms. The molecule has 0 radical (unpaired) electrons. The molecule has 0 bridgehead atoms. The molecule has 0 aliphatic carbocycles. The van der Waals surface area contributed by atoms with Crippen molar-refractivity contribution in [1.29, 1.82) is 0 Å². The van der Waals surface area contributed by atoms with Crippen molar-refractivity contribution in [1.82, 2.24) is 0 Å². The molecule has 4 aromatic carbocycles. The van der Waals surface area contributed by atoms with E-state index in [-0.39, 0.29) is 12.4 Å². The normalized spacial score (nSPS) is 11.9. The third-order valence-corrected chi connectivity index (χ3v) is 6.62. The number of fused-ring (bicyclic) bond motifs is 4. The van der Waals surface area contributed by atoms with Crippen LogP contribution < -0.4 is 14.8 Å². The zero-order chi connectivity index (χ0) is 27.6. The average Bonchev–Trinajstić information content (AvgIpc) is 3.54. The number of esters is 1. The number of hydrogen-bond donors (Lipinski definition) is 1. The second kappa shape index (κ2) is 10.5. The number of methoxy groups -OCH3 is 1. The van der Waals surface area contributed by atoms with Crippen LogP contribution in [0.25, 0.3) is 32.9 Å². The summed E-state index contributed by atoms with van der Waals surface area (Å²) < 4.78 is 28.7. The van der Waals surface area contributed by atoms with E-state index in [1.807, 2.05) is 72.8 Å². The maximum Gasteiger partial charge on any atom is 0.375 e. The number of benzene rings is 4. The Morgan fingerprint density at radius 2 is 1.48 bits per heavy atom. The van der Waals surface area contributed by atoms with E-state index in [4.69, 9.17) is 23.0 Å². The van der Waals surface area contributed by atoms with Crippen LogP contribution in [-0.2, 0) is 16.1 Å². The third-order valence-electron chi connectivity index (χ3n) is 6.62. The van der Waals surface area contributed by atoms with Gasteiger partial charge >= 0.3 is 5.97 Å². The smallest absolute Gasteiger partial charge is 0.375 e. The molecule has 8 nitrogen and oxygen atoms in total. The van der Waals surface area contributed by atoms with E-state index in [2.05, 4.69) is 5.32 Å². The van der Waals surface area contributed by atoms with Crippen LogP contribution >= 0.6 is 0 Å². The topological polar surface area (TPSA) is 100 Å². The van der Waals surface area contributed by atoms with Gasteiger partial charge in [-0.25, -0.2) is 4.79 Å². The molecule has 1 N–H and O–H groups in total. The fourth-order valence-electron chi connectivity index (χ4n) is 4.60. The molecule has 1 atom stereocenters. The Balaban J connectivity index is 1.22. The van der Waals surface area contributed by atoms with Crippen LogP contribution in [0.15, 0.2) is 99.8 Å². The number of amides is 1. The fourth-order valence-corrected chi connectivity index (χ4v) is 4.60. The molecule has 0 unspecified atom stereocenters. The molecule has 0 saturated heterocycles. The minimum Gasteiger partial charge on any atom is -0.495 e. The zero-order valence-electron chi connectivity index (χ0n) is 21.8. The predicted octanol–water partition coefficient (Wildman–Crippen LogP) is 7.10. The van der Waals surface area contributed by atoms with Crippen molar-refractivity contribution in [2.45, 2.75) is 19.6 Å². The van der Waals surface area contributed by atoms with Gasteiger partial charge in [0, 0.05) is 22.2 Å². The summed E-state index contributed by atoms with van der Waals surface area (Å²) >= 11 is 0. The van der Waals surface area contributed by atoms with Crippen LogP contribution in [0.5, 0.6) is 11.5 Å². The van der Waals surface area contributed by atoms with E-state index in [0.717, 1.165) is 21.7 Å². The monoisotopic (exact) mass is 535 g/mol. The molecule has 40 heavy (non-hydrogen) atoms. The van der Waals surface area contributed by atoms with Gasteiger partial charge in [-0.3, -0.25) is 4.79 Å². The Morgan fingerprint density at radius 1 is 0.800 bits per heavy atom. The van der Waals surface area contributed by atoms with Crippen LogP contribution in [-0.4, -0.2) is 25.1 Å². The largest absolute Gasteiger partial charge is 0.495 e. The standard InChI is InChI=1S/C32H25NO7/c1-19(31(34)33-25-17-28-23(16-29(25)36-2)21-12-6-8-14-26(21)39-28)38-32(35)30-24(18-37-20-10-4-3-5-11-20)22-13-7-9-15-27(22)40-30/h3-17,19H,18H2,1-2H3,(H,33,34)/t19-/m1/s1. The molecule has 0 spiro atoms. The van der Waals surface area contributed by atoms with Gasteiger partial charge in [-0.15, -0.1) is 0 Å². The van der Waals surface area contributed by atoms with E-state index in [9.17, 15) is 9.59 Å². The summed E-state index contributed by atoms with van der Waals surface area (Å²) in [4.78, 5) is 26.3. The predicted molar refractivity (Wildman–Crippen MR) is 151 cm³/mol. The van der Waals surface area contributed by atoms with Crippen LogP contribution in [0.1, 0.15) is 23.0 Å². The number of carbonyl (C=O) groups is 2. The van der Waals surface area contributed by atoms with Gasteiger partial charge < -0.3 is 28.4 Å². The second-order valence-electron chi connectivity index (χ2n) is 9.19. The molecule has 0 aliphatic rings. The van der Waals surface area contributed by atoms with Crippen LogP contribution in [0, 0.1) is 0 Å². The number of carbonyl (C=O) groups excluding carboxylic acids is 2. The van der Waals surface area contributed by atoms with E-state index < -0.39 is 18.0 Å². The van der Waals surface area contributed by atoms with E-state index >= 15 is 0 Å². The van der Waals surface area contributed by atoms with Gasteiger partial charge in [0.25, 0.3) is 5.91 Å². The lowest BCUT2D eigenvalue weighted by Gasteiger charge is -2.15. The first-order chi connectivity index (χ1) is 19.5. The molecule has 200 valence electrons. The molecule has 0 saturated carbocycles. The van der Waals surface area contributed by atoms with Crippen LogP contribution in [0.4, 0.5) is 5.69 Å². The highest BCUT2D eigenvalue weighted by molar-refractivity contribution is 6.08. The molecule has 6 rings (SSSR count). The number of hydrogen-bond acceptors (Lipinski definition) is 7. The Morgan fingerprint density at radius 3 is 2.23 bits per heavy atom. The number of para-hydroxylation sites is 3. The van der Waals surface area contributed by atoms with Crippen LogP contribution in [0.3, 0.4) is 0 Å². The molecule has 2 heterocycles. The summed E-state index contributed by atoms with van der Waals surface area (Å²) in [6.07, 6.45) is -1.14. The Hall–Kier alpha value is -5.24. The van der Waals surface area contributed by atoms with Crippen molar-refractivity contribution in [2.75, 3.05) is 12.4 Å². The first-order valence-corrected chi connectivity index (χ1v) is 12.7. The number of furan rings is 2. The second-order valence-corrected chi connectivity index (χ2v) is 9.19. The molecule has 0 aliphatic heterocycles. The van der Waals surface area contributed by atoms with E-state index in [0.29, 0.717) is 33.9 Å². The van der Waals surface area contributed by atoms with Gasteiger partial charge in [0.2, 0.25) is 5.76 Å². The molecular weight excluding hydrogens is 510 g/mol. The quantitative estimate of drug-likeness (QED) is 0.207. The van der Waals surface area contributed by atoms with Crippen molar-refractivity contribution < 1.29 is 32.6 Å². The summed E-state index contributed by atoms with van der Waals surface area (Å²) in [5, 5.41) is 5.31. The van der Waals surface area contributed by atoms with Gasteiger partial charge in [-0.2, -0.15) is 0 Å². The van der Waals surface area contributed by atoms with Gasteiger partial charge in [-0.1, -0.05) is 54.6 Å². The highest BCUT2D eigenvalue weighted by atomic mass is 16.6. The van der Waals surface area contributed by atoms with Crippen molar-refractivity contribution in [2.24, 2.45) is 0 Å². The van der Waals surface area contributed by atoms with Gasteiger partial charge in [-0.05, 0) is 37.3 Å². The van der Waals surface area contributed by atoms with E-state index in [1.54, 1.807) is 18.2 Å². The summed E-state index contributed by atoms with van der Waals surface area (Å²) in [7, 11) is 1.52. The van der Waals surface area contributed by atoms with Crippen LogP contribution in [0.2, 0.25) is 0 Å². The zero-order valence-corrected chi connectivity index (χ0v) is 21.8. The Bertz CT molecular complexity index is 1850. The van der Waals surface area contributed by atoms with E-state index in [1.165, 1.54) is 14.0 Å². The van der Waals surface area contributed by atoms with Crippen molar-refractivity contribution in [3.8, 4) is 11.5 Å². The van der Waals surface area contributed by atoms with Crippen molar-refractivity contribution in [3.63, 3.8) is 0 Å².